The van der Waals surface area contributed by atoms with Gasteiger partial charge in [-0.25, -0.2) is 0 Å². The molecule has 1 aliphatic rings. The average molecular weight is 322 g/mol. The van der Waals surface area contributed by atoms with Gasteiger partial charge < -0.3 is 15.4 Å². The summed E-state index contributed by atoms with van der Waals surface area (Å²) in [4.78, 5) is 15.3. The Kier molecular flexibility index (Phi) is 3.99. The van der Waals surface area contributed by atoms with Crippen molar-refractivity contribution in [3.63, 3.8) is 0 Å². The van der Waals surface area contributed by atoms with Gasteiger partial charge >= 0.3 is 0 Å². The van der Waals surface area contributed by atoms with Gasteiger partial charge in [-0.15, -0.1) is 11.3 Å². The van der Waals surface area contributed by atoms with Crippen LogP contribution in [0.3, 0.4) is 0 Å². The summed E-state index contributed by atoms with van der Waals surface area (Å²) in [5.74, 6) is 1.83. The first-order valence-corrected chi connectivity index (χ1v) is 8.73. The van der Waals surface area contributed by atoms with Crippen LogP contribution in [0.25, 0.3) is 10.1 Å². The molecule has 1 unspecified atom stereocenters. The van der Waals surface area contributed by atoms with Gasteiger partial charge in [0.05, 0.1) is 12.8 Å². The maximum atomic E-state index is 12.7. The van der Waals surface area contributed by atoms with Crippen LogP contribution in [-0.2, 0) is 0 Å². The van der Waals surface area contributed by atoms with Crippen LogP contribution in [0.5, 0.6) is 5.75 Å². The Morgan fingerprint density at radius 1 is 1.48 bits per heavy atom. The number of methoxy groups -OCH3 is 1. The quantitative estimate of drug-likeness (QED) is 0.923. The molecule has 0 radical (unpaired) electrons. The van der Waals surface area contributed by atoms with Gasteiger partial charge in [-0.05, 0) is 18.2 Å². The Morgan fingerprint density at radius 2 is 2.29 bits per heavy atom. The highest BCUT2D eigenvalue weighted by Gasteiger charge is 2.26. The lowest BCUT2D eigenvalue weighted by Gasteiger charge is -2.30. The lowest BCUT2D eigenvalue weighted by atomic mass is 10.2. The molecule has 4 nitrogen and oxygen atoms in total. The summed E-state index contributed by atoms with van der Waals surface area (Å²) >= 11 is 3.36. The minimum atomic E-state index is 0.0554. The van der Waals surface area contributed by atoms with Crippen LogP contribution < -0.4 is 10.5 Å². The van der Waals surface area contributed by atoms with Crippen LogP contribution >= 0.6 is 23.1 Å². The van der Waals surface area contributed by atoms with E-state index < -0.39 is 0 Å². The molecule has 1 aromatic carbocycles. The lowest BCUT2D eigenvalue weighted by molar-refractivity contribution is 0.0769. The second-order valence-electron chi connectivity index (χ2n) is 5.14. The number of carbonyl (C=O) groups excluding carboxylic acids is 1. The summed E-state index contributed by atoms with van der Waals surface area (Å²) < 4.78 is 6.23. The van der Waals surface area contributed by atoms with E-state index in [-0.39, 0.29) is 5.91 Å². The minimum absolute atomic E-state index is 0.0554. The first kappa shape index (κ1) is 14.5. The van der Waals surface area contributed by atoms with Gasteiger partial charge in [-0.1, -0.05) is 6.92 Å². The normalized spacial score (nSPS) is 19.0. The van der Waals surface area contributed by atoms with E-state index in [9.17, 15) is 4.79 Å². The average Bonchev–Trinajstić information content (AvgIpc) is 2.83. The summed E-state index contributed by atoms with van der Waals surface area (Å²) in [5, 5.41) is 1.42. The van der Waals surface area contributed by atoms with Crippen LogP contribution in [0.4, 0.5) is 5.69 Å². The predicted molar refractivity (Wildman–Crippen MR) is 90.6 cm³/mol. The molecule has 2 heterocycles. The number of amides is 1. The molecule has 21 heavy (non-hydrogen) atoms. The highest BCUT2D eigenvalue weighted by atomic mass is 32.2. The second-order valence-corrected chi connectivity index (χ2v) is 7.74. The lowest BCUT2D eigenvalue weighted by Crippen LogP contribution is -2.40. The monoisotopic (exact) mass is 322 g/mol. The van der Waals surface area contributed by atoms with Crippen LogP contribution in [0.1, 0.15) is 16.6 Å². The SMILES string of the molecule is COc1ccc2c(N)c(C(=O)N3CCSC(C)C3)sc2c1. The third-order valence-electron chi connectivity index (χ3n) is 3.66. The third kappa shape index (κ3) is 2.70. The number of fused-ring (bicyclic) bond motifs is 1. The third-order valence-corrected chi connectivity index (χ3v) is 5.95. The highest BCUT2D eigenvalue weighted by Crippen LogP contribution is 2.37. The fourth-order valence-corrected chi connectivity index (χ4v) is 4.66. The molecule has 2 aromatic rings. The number of rotatable bonds is 2. The van der Waals surface area contributed by atoms with Crippen molar-refractivity contribution in [2.45, 2.75) is 12.2 Å². The largest absolute Gasteiger partial charge is 0.497 e. The van der Waals surface area contributed by atoms with Crippen molar-refractivity contribution >= 4 is 44.8 Å². The topological polar surface area (TPSA) is 55.6 Å². The summed E-state index contributed by atoms with van der Waals surface area (Å²) in [5.41, 5.74) is 6.78. The molecule has 1 aromatic heterocycles. The number of thiophene rings is 1. The molecule has 6 heteroatoms. The van der Waals surface area contributed by atoms with E-state index in [4.69, 9.17) is 10.5 Å². The van der Waals surface area contributed by atoms with E-state index in [0.29, 0.717) is 15.8 Å². The summed E-state index contributed by atoms with van der Waals surface area (Å²) in [6.45, 7) is 3.74. The number of nitrogen functional groups attached to an aromatic ring is 1. The Hall–Kier alpha value is -1.40. The first-order valence-electron chi connectivity index (χ1n) is 6.87. The second kappa shape index (κ2) is 5.77. The molecule has 3 rings (SSSR count). The number of nitrogens with two attached hydrogens (primary N) is 1. The zero-order valence-corrected chi connectivity index (χ0v) is 13.7. The number of nitrogens with zero attached hydrogens (tertiary/aromatic N) is 1. The van der Waals surface area contributed by atoms with Crippen molar-refractivity contribution in [2.75, 3.05) is 31.7 Å². The molecule has 0 saturated carbocycles. The first-order chi connectivity index (χ1) is 10.1. The Balaban J connectivity index is 1.96. The maximum absolute atomic E-state index is 12.7. The number of benzene rings is 1. The molecule has 0 spiro atoms. The molecule has 0 aliphatic carbocycles. The minimum Gasteiger partial charge on any atom is -0.497 e. The number of thioether (sulfide) groups is 1. The molecule has 0 bridgehead atoms. The van der Waals surface area contributed by atoms with E-state index >= 15 is 0 Å². The van der Waals surface area contributed by atoms with E-state index in [2.05, 4.69) is 6.92 Å². The Bertz CT molecular complexity index is 684. The molecule has 1 saturated heterocycles. The fraction of sp³-hybridized carbons (Fsp3) is 0.400. The van der Waals surface area contributed by atoms with Crippen molar-refractivity contribution in [3.8, 4) is 5.75 Å². The van der Waals surface area contributed by atoms with Crippen LogP contribution in [0.2, 0.25) is 0 Å². The summed E-state index contributed by atoms with van der Waals surface area (Å²) in [6.07, 6.45) is 0. The van der Waals surface area contributed by atoms with Gasteiger partial charge in [0.2, 0.25) is 0 Å². The molecular weight excluding hydrogens is 304 g/mol. The molecule has 112 valence electrons. The van der Waals surface area contributed by atoms with Crippen molar-refractivity contribution in [3.05, 3.63) is 23.1 Å². The maximum Gasteiger partial charge on any atom is 0.266 e. The highest BCUT2D eigenvalue weighted by molar-refractivity contribution is 7.99. The van der Waals surface area contributed by atoms with E-state index in [1.165, 1.54) is 11.3 Å². The van der Waals surface area contributed by atoms with Gasteiger partial charge in [0, 0.05) is 34.2 Å². The zero-order chi connectivity index (χ0) is 15.0. The standard InChI is InChI=1S/C15H18N2O2S2/c1-9-8-17(5-6-20-9)15(18)14-13(16)11-4-3-10(19-2)7-12(11)21-14/h3-4,7,9H,5-6,8,16H2,1-2H3. The number of carbonyl (C=O) groups is 1. The number of ether oxygens (including phenoxy) is 1. The van der Waals surface area contributed by atoms with Crippen LogP contribution in [0.15, 0.2) is 18.2 Å². The van der Waals surface area contributed by atoms with Gasteiger partial charge in [0.1, 0.15) is 10.6 Å². The van der Waals surface area contributed by atoms with E-state index in [0.717, 1.165) is 34.7 Å². The Labute approximate surface area is 132 Å². The Morgan fingerprint density at radius 3 is 3.00 bits per heavy atom. The summed E-state index contributed by atoms with van der Waals surface area (Å²) in [7, 11) is 1.64. The molecule has 1 aliphatic heterocycles. The number of hydrogen-bond acceptors (Lipinski definition) is 5. The number of anilines is 1. The zero-order valence-electron chi connectivity index (χ0n) is 12.1. The smallest absolute Gasteiger partial charge is 0.266 e. The van der Waals surface area contributed by atoms with E-state index in [1.807, 2.05) is 34.9 Å². The summed E-state index contributed by atoms with van der Waals surface area (Å²) in [6, 6.07) is 5.73. The molecule has 1 fully saturated rings. The van der Waals surface area contributed by atoms with E-state index in [1.54, 1.807) is 7.11 Å². The van der Waals surface area contributed by atoms with Gasteiger partial charge in [0.25, 0.3) is 5.91 Å². The van der Waals surface area contributed by atoms with Gasteiger partial charge in [0.15, 0.2) is 0 Å². The van der Waals surface area contributed by atoms with Crippen molar-refractivity contribution in [1.82, 2.24) is 4.90 Å². The van der Waals surface area contributed by atoms with Crippen molar-refractivity contribution in [2.24, 2.45) is 0 Å². The number of hydrogen-bond donors (Lipinski definition) is 1. The molecular formula is C15H18N2O2S2. The van der Waals surface area contributed by atoms with Crippen LogP contribution in [-0.4, -0.2) is 42.0 Å². The van der Waals surface area contributed by atoms with Gasteiger partial charge in [-0.2, -0.15) is 11.8 Å². The van der Waals surface area contributed by atoms with Crippen LogP contribution in [0, 0.1) is 0 Å². The van der Waals surface area contributed by atoms with Crippen molar-refractivity contribution < 1.29 is 9.53 Å². The molecule has 1 amide bonds. The van der Waals surface area contributed by atoms with Gasteiger partial charge in [-0.3, -0.25) is 4.79 Å². The predicted octanol–water partition coefficient (Wildman–Crippen LogP) is 3.07. The fourth-order valence-electron chi connectivity index (χ4n) is 2.53. The van der Waals surface area contributed by atoms with Crippen molar-refractivity contribution in [1.29, 1.82) is 0 Å². The molecule has 2 N–H and O–H groups in total. The molecule has 1 atom stereocenters.